The van der Waals surface area contributed by atoms with E-state index in [0.717, 1.165) is 16.9 Å². The molecule has 0 saturated carbocycles. The second-order valence-corrected chi connectivity index (χ2v) is 9.29. The maximum atomic E-state index is 13.0. The molecule has 180 valence electrons. The molecule has 0 spiro atoms. The van der Waals surface area contributed by atoms with Crippen molar-refractivity contribution in [2.75, 3.05) is 7.11 Å². The Kier molecular flexibility index (Phi) is 9.08. The molecule has 1 heterocycles. The van der Waals surface area contributed by atoms with Crippen LogP contribution in [-0.4, -0.2) is 42.8 Å². The average molecular weight is 459 g/mol. The number of nitrogens with one attached hydrogen (secondary N) is 2. The number of hydrogen-bond acceptors (Lipinski definition) is 6. The van der Waals surface area contributed by atoms with Gasteiger partial charge in [-0.2, -0.15) is 0 Å². The number of esters is 1. The highest BCUT2D eigenvalue weighted by Crippen LogP contribution is 2.20. The third-order valence-electron chi connectivity index (χ3n) is 4.72. The number of methoxy groups -OCH3 is 1. The number of furan rings is 1. The van der Waals surface area contributed by atoms with Crippen LogP contribution in [0.15, 0.2) is 47.1 Å². The Bertz CT molecular complexity index is 913. The lowest BCUT2D eigenvalue weighted by Crippen LogP contribution is -2.53. The van der Waals surface area contributed by atoms with E-state index >= 15 is 0 Å². The Balaban J connectivity index is 2.11. The van der Waals surface area contributed by atoms with Gasteiger partial charge in [0, 0.05) is 12.0 Å². The lowest BCUT2D eigenvalue weighted by molar-refractivity contribution is -0.145. The van der Waals surface area contributed by atoms with Crippen LogP contribution in [0.3, 0.4) is 0 Å². The number of carbonyl (C=O) groups is 3. The van der Waals surface area contributed by atoms with Gasteiger partial charge in [0.2, 0.25) is 5.91 Å². The molecule has 2 N–H and O–H groups in total. The Morgan fingerprint density at radius 1 is 1.00 bits per heavy atom. The van der Waals surface area contributed by atoms with Gasteiger partial charge < -0.3 is 24.5 Å². The molecule has 2 atom stereocenters. The van der Waals surface area contributed by atoms with E-state index in [4.69, 9.17) is 13.9 Å². The molecule has 0 aliphatic heterocycles. The Labute approximate surface area is 195 Å². The van der Waals surface area contributed by atoms with Crippen molar-refractivity contribution in [1.29, 1.82) is 0 Å². The molecule has 2 aromatic rings. The Hall–Kier alpha value is -3.29. The molecule has 8 nitrogen and oxygen atoms in total. The minimum atomic E-state index is -0.910. The Morgan fingerprint density at radius 2 is 1.67 bits per heavy atom. The van der Waals surface area contributed by atoms with Crippen molar-refractivity contribution < 1.29 is 28.3 Å². The molecule has 8 heteroatoms. The molecule has 0 aliphatic rings. The highest BCUT2D eigenvalue weighted by Gasteiger charge is 2.29. The van der Waals surface area contributed by atoms with E-state index in [9.17, 15) is 14.4 Å². The standard InChI is InChI=1S/C25H34N2O6/c1-16(2)14-19(27-24(30)33-25(3,4)5)22(28)26-20(23(29)31-6)15-17-9-11-18(12-10-17)21-8-7-13-32-21/h7-13,16,19-20H,14-15H2,1-6H3,(H,26,28)(H,27,30)/t19-,20-/m0/s1. The van der Waals surface area contributed by atoms with Gasteiger partial charge in [-0.25, -0.2) is 9.59 Å². The van der Waals surface area contributed by atoms with Crippen molar-refractivity contribution >= 4 is 18.0 Å². The summed E-state index contributed by atoms with van der Waals surface area (Å²) in [5, 5.41) is 5.35. The average Bonchev–Trinajstić information content (AvgIpc) is 3.25. The van der Waals surface area contributed by atoms with Crippen molar-refractivity contribution in [1.82, 2.24) is 10.6 Å². The number of benzene rings is 1. The first-order valence-corrected chi connectivity index (χ1v) is 11.0. The monoisotopic (exact) mass is 458 g/mol. The van der Waals surface area contributed by atoms with E-state index in [1.165, 1.54) is 7.11 Å². The topological polar surface area (TPSA) is 107 Å². The predicted molar refractivity (Wildman–Crippen MR) is 124 cm³/mol. The van der Waals surface area contributed by atoms with Gasteiger partial charge in [0.1, 0.15) is 23.4 Å². The summed E-state index contributed by atoms with van der Waals surface area (Å²) in [5.41, 5.74) is 1.04. The first kappa shape index (κ1) is 26.0. The second kappa shape index (κ2) is 11.5. The van der Waals surface area contributed by atoms with Gasteiger partial charge in [-0.05, 0) is 50.8 Å². The van der Waals surface area contributed by atoms with Crippen molar-refractivity contribution in [3.05, 3.63) is 48.2 Å². The van der Waals surface area contributed by atoms with Crippen LogP contribution in [0.2, 0.25) is 0 Å². The van der Waals surface area contributed by atoms with Gasteiger partial charge in [0.25, 0.3) is 0 Å². The maximum Gasteiger partial charge on any atom is 0.408 e. The van der Waals surface area contributed by atoms with Crippen LogP contribution >= 0.6 is 0 Å². The van der Waals surface area contributed by atoms with Gasteiger partial charge in [-0.3, -0.25) is 4.79 Å². The van der Waals surface area contributed by atoms with Gasteiger partial charge in [0.05, 0.1) is 13.4 Å². The summed E-state index contributed by atoms with van der Waals surface area (Å²) in [6.07, 6.45) is 1.53. The van der Waals surface area contributed by atoms with Crippen molar-refractivity contribution in [2.45, 2.75) is 65.1 Å². The zero-order valence-corrected chi connectivity index (χ0v) is 20.1. The summed E-state index contributed by atoms with van der Waals surface area (Å²) in [4.78, 5) is 37.6. The quantitative estimate of drug-likeness (QED) is 0.548. The van der Waals surface area contributed by atoms with Crippen LogP contribution < -0.4 is 10.6 Å². The highest BCUT2D eigenvalue weighted by molar-refractivity contribution is 5.89. The lowest BCUT2D eigenvalue weighted by atomic mass is 10.0. The molecule has 2 rings (SSSR count). The first-order valence-electron chi connectivity index (χ1n) is 11.0. The maximum absolute atomic E-state index is 13.0. The molecule has 0 unspecified atom stereocenters. The molecule has 0 fully saturated rings. The van der Waals surface area contributed by atoms with E-state index in [2.05, 4.69) is 10.6 Å². The molecule has 33 heavy (non-hydrogen) atoms. The summed E-state index contributed by atoms with van der Waals surface area (Å²) in [7, 11) is 1.27. The van der Waals surface area contributed by atoms with E-state index < -0.39 is 35.7 Å². The van der Waals surface area contributed by atoms with Gasteiger partial charge in [0.15, 0.2) is 0 Å². The van der Waals surface area contributed by atoms with Crippen molar-refractivity contribution in [3.8, 4) is 11.3 Å². The molecule has 1 aromatic carbocycles. The van der Waals surface area contributed by atoms with Gasteiger partial charge >= 0.3 is 12.1 Å². The summed E-state index contributed by atoms with van der Waals surface area (Å²) >= 11 is 0. The fourth-order valence-corrected chi connectivity index (χ4v) is 3.24. The first-order chi connectivity index (χ1) is 15.5. The number of ether oxygens (including phenoxy) is 2. The fourth-order valence-electron chi connectivity index (χ4n) is 3.24. The third kappa shape index (κ3) is 8.63. The largest absolute Gasteiger partial charge is 0.467 e. The highest BCUT2D eigenvalue weighted by atomic mass is 16.6. The normalized spacial score (nSPS) is 13.2. The van der Waals surface area contributed by atoms with Crippen LogP contribution in [0, 0.1) is 5.92 Å². The fraction of sp³-hybridized carbons (Fsp3) is 0.480. The van der Waals surface area contributed by atoms with E-state index in [1.54, 1.807) is 27.0 Å². The zero-order chi connectivity index (χ0) is 24.6. The lowest BCUT2D eigenvalue weighted by Gasteiger charge is -2.25. The molecule has 0 saturated heterocycles. The SMILES string of the molecule is COC(=O)[C@H](Cc1ccc(-c2ccco2)cc1)NC(=O)[C@H](CC(C)C)NC(=O)OC(C)(C)C. The molecule has 0 radical (unpaired) electrons. The zero-order valence-electron chi connectivity index (χ0n) is 20.1. The number of hydrogen-bond donors (Lipinski definition) is 2. The predicted octanol–water partition coefficient (Wildman–Crippen LogP) is 4.09. The number of carbonyl (C=O) groups excluding carboxylic acids is 3. The summed E-state index contributed by atoms with van der Waals surface area (Å²) in [5.74, 6) is -0.179. The molecule has 1 aromatic heterocycles. The van der Waals surface area contributed by atoms with Crippen LogP contribution in [-0.2, 0) is 25.5 Å². The molecule has 0 aliphatic carbocycles. The van der Waals surface area contributed by atoms with Crippen molar-refractivity contribution in [3.63, 3.8) is 0 Å². The number of amides is 2. The number of rotatable bonds is 9. The Morgan fingerprint density at radius 3 is 2.18 bits per heavy atom. The van der Waals surface area contributed by atoms with Crippen LogP contribution in [0.4, 0.5) is 4.79 Å². The van der Waals surface area contributed by atoms with E-state index in [1.807, 2.05) is 50.2 Å². The van der Waals surface area contributed by atoms with E-state index in [0.29, 0.717) is 6.42 Å². The summed E-state index contributed by atoms with van der Waals surface area (Å²) in [6, 6.07) is 9.41. The molecule has 2 amide bonds. The minimum Gasteiger partial charge on any atom is -0.467 e. The van der Waals surface area contributed by atoms with Crippen LogP contribution in [0.1, 0.15) is 46.6 Å². The molecular formula is C25H34N2O6. The van der Waals surface area contributed by atoms with Gasteiger partial charge in [-0.15, -0.1) is 0 Å². The van der Waals surface area contributed by atoms with Crippen LogP contribution in [0.5, 0.6) is 0 Å². The third-order valence-corrected chi connectivity index (χ3v) is 4.72. The van der Waals surface area contributed by atoms with Crippen molar-refractivity contribution in [2.24, 2.45) is 5.92 Å². The van der Waals surface area contributed by atoms with E-state index in [-0.39, 0.29) is 12.3 Å². The second-order valence-electron chi connectivity index (χ2n) is 9.29. The van der Waals surface area contributed by atoms with Gasteiger partial charge in [-0.1, -0.05) is 38.1 Å². The molecular weight excluding hydrogens is 424 g/mol. The number of alkyl carbamates (subject to hydrolysis) is 1. The smallest absolute Gasteiger partial charge is 0.408 e. The minimum absolute atomic E-state index is 0.126. The molecule has 0 bridgehead atoms. The summed E-state index contributed by atoms with van der Waals surface area (Å²) < 4.78 is 15.6. The van der Waals surface area contributed by atoms with Crippen LogP contribution in [0.25, 0.3) is 11.3 Å². The summed E-state index contributed by atoms with van der Waals surface area (Å²) in [6.45, 7) is 9.11.